The molecule has 144 valence electrons. The number of hydrogen-bond donors (Lipinski definition) is 2. The van der Waals surface area contributed by atoms with Crippen LogP contribution in [0.25, 0.3) is 16.9 Å². The molecule has 1 amide bonds. The Balaban J connectivity index is 1.74. The molecule has 0 atom stereocenters. The van der Waals surface area contributed by atoms with Crippen LogP contribution in [0.1, 0.15) is 21.5 Å². The third-order valence-corrected chi connectivity index (χ3v) is 4.67. The quantitative estimate of drug-likeness (QED) is 0.530. The molecule has 3 aromatic carbocycles. The summed E-state index contributed by atoms with van der Waals surface area (Å²) in [5.41, 5.74) is 5.37. The molecule has 0 aliphatic heterocycles. The van der Waals surface area contributed by atoms with Crippen LogP contribution in [0.15, 0.2) is 85.1 Å². The Bertz CT molecular complexity index is 1130. The highest BCUT2D eigenvalue weighted by atomic mass is 16.3. The normalized spacial score (nSPS) is 10.7. The number of hydrogen-bond acceptors (Lipinski definition) is 3. The maximum Gasteiger partial charge on any atom is 0.259 e. The van der Waals surface area contributed by atoms with Crippen molar-refractivity contribution in [1.29, 1.82) is 0 Å². The first-order valence-corrected chi connectivity index (χ1v) is 9.37. The van der Waals surface area contributed by atoms with E-state index < -0.39 is 0 Å². The zero-order chi connectivity index (χ0) is 20.2. The number of carbonyl (C=O) groups excluding carboxylic acids is 1. The van der Waals surface area contributed by atoms with E-state index in [0.717, 1.165) is 22.4 Å². The molecule has 0 radical (unpaired) electrons. The molecule has 4 rings (SSSR count). The zero-order valence-corrected chi connectivity index (χ0v) is 16.0. The SMILES string of the molecule is Cc1ccc(-n2cc(C(=O)Nc3cccc(CO)c3)c(-c3ccccc3)n2)cc1. The lowest BCUT2D eigenvalue weighted by atomic mass is 10.1. The number of carbonyl (C=O) groups is 1. The van der Waals surface area contributed by atoms with Gasteiger partial charge in [-0.05, 0) is 36.8 Å². The summed E-state index contributed by atoms with van der Waals surface area (Å²) in [6, 6.07) is 24.8. The van der Waals surface area contributed by atoms with Gasteiger partial charge in [0.2, 0.25) is 0 Å². The second kappa shape index (κ2) is 8.12. The summed E-state index contributed by atoms with van der Waals surface area (Å²) >= 11 is 0. The molecule has 0 bridgehead atoms. The average molecular weight is 383 g/mol. The van der Waals surface area contributed by atoms with E-state index in [2.05, 4.69) is 5.32 Å². The van der Waals surface area contributed by atoms with Crippen molar-refractivity contribution in [3.8, 4) is 16.9 Å². The number of amides is 1. The summed E-state index contributed by atoms with van der Waals surface area (Å²) in [6.07, 6.45) is 1.75. The predicted octanol–water partition coefficient (Wildman–Crippen LogP) is 4.59. The summed E-state index contributed by atoms with van der Waals surface area (Å²) in [5.74, 6) is -0.252. The molecule has 0 saturated heterocycles. The van der Waals surface area contributed by atoms with Crippen LogP contribution in [0.5, 0.6) is 0 Å². The minimum absolute atomic E-state index is 0.0790. The van der Waals surface area contributed by atoms with Crippen molar-refractivity contribution in [3.63, 3.8) is 0 Å². The van der Waals surface area contributed by atoms with Gasteiger partial charge < -0.3 is 10.4 Å². The highest BCUT2D eigenvalue weighted by Gasteiger charge is 2.19. The molecule has 0 spiro atoms. The second-order valence-electron chi connectivity index (χ2n) is 6.85. The van der Waals surface area contributed by atoms with E-state index in [1.54, 1.807) is 35.1 Å². The van der Waals surface area contributed by atoms with Crippen molar-refractivity contribution in [3.05, 3.63) is 102 Å². The topological polar surface area (TPSA) is 67.2 Å². The van der Waals surface area contributed by atoms with Gasteiger partial charge in [-0.1, -0.05) is 60.2 Å². The number of aliphatic hydroxyl groups is 1. The number of aryl methyl sites for hydroxylation is 1. The number of aliphatic hydroxyl groups excluding tert-OH is 1. The first-order chi connectivity index (χ1) is 14.1. The molecule has 1 aromatic heterocycles. The van der Waals surface area contributed by atoms with E-state index in [-0.39, 0.29) is 12.5 Å². The molecular formula is C24H21N3O2. The van der Waals surface area contributed by atoms with Crippen LogP contribution >= 0.6 is 0 Å². The second-order valence-corrected chi connectivity index (χ2v) is 6.85. The predicted molar refractivity (Wildman–Crippen MR) is 114 cm³/mol. The Hall–Kier alpha value is -3.70. The molecule has 0 unspecified atom stereocenters. The van der Waals surface area contributed by atoms with E-state index in [4.69, 9.17) is 5.10 Å². The Morgan fingerprint density at radius 3 is 2.48 bits per heavy atom. The van der Waals surface area contributed by atoms with Crippen molar-refractivity contribution >= 4 is 11.6 Å². The number of nitrogens with one attached hydrogen (secondary N) is 1. The molecule has 1 heterocycles. The average Bonchev–Trinajstić information content (AvgIpc) is 3.21. The molecular weight excluding hydrogens is 362 g/mol. The van der Waals surface area contributed by atoms with E-state index in [1.807, 2.05) is 61.5 Å². The molecule has 0 fully saturated rings. The van der Waals surface area contributed by atoms with Crippen LogP contribution in [0, 0.1) is 6.92 Å². The first-order valence-electron chi connectivity index (χ1n) is 9.37. The summed E-state index contributed by atoms with van der Waals surface area (Å²) in [4.78, 5) is 13.1. The van der Waals surface area contributed by atoms with Crippen molar-refractivity contribution in [1.82, 2.24) is 9.78 Å². The van der Waals surface area contributed by atoms with Crippen LogP contribution in [-0.2, 0) is 6.61 Å². The lowest BCUT2D eigenvalue weighted by Gasteiger charge is -2.06. The van der Waals surface area contributed by atoms with Crippen LogP contribution < -0.4 is 5.32 Å². The van der Waals surface area contributed by atoms with Gasteiger partial charge in [-0.2, -0.15) is 5.10 Å². The molecule has 5 nitrogen and oxygen atoms in total. The third-order valence-electron chi connectivity index (χ3n) is 4.67. The van der Waals surface area contributed by atoms with Gasteiger partial charge in [0, 0.05) is 17.4 Å². The number of rotatable bonds is 5. The van der Waals surface area contributed by atoms with Gasteiger partial charge in [0.05, 0.1) is 17.9 Å². The lowest BCUT2D eigenvalue weighted by molar-refractivity contribution is 0.102. The van der Waals surface area contributed by atoms with E-state index in [0.29, 0.717) is 16.9 Å². The summed E-state index contributed by atoms with van der Waals surface area (Å²) in [5, 5.41) is 16.9. The number of anilines is 1. The summed E-state index contributed by atoms with van der Waals surface area (Å²) in [7, 11) is 0. The Morgan fingerprint density at radius 1 is 1.00 bits per heavy atom. The highest BCUT2D eigenvalue weighted by Crippen LogP contribution is 2.25. The fourth-order valence-electron chi connectivity index (χ4n) is 3.12. The molecule has 0 aliphatic carbocycles. The zero-order valence-electron chi connectivity index (χ0n) is 16.0. The standard InChI is InChI=1S/C24H21N3O2/c1-17-10-12-21(13-11-17)27-15-22(23(26-27)19-7-3-2-4-8-19)24(29)25-20-9-5-6-18(14-20)16-28/h2-15,28H,16H2,1H3,(H,25,29). The van der Waals surface area contributed by atoms with Crippen LogP contribution in [-0.4, -0.2) is 20.8 Å². The fourth-order valence-corrected chi connectivity index (χ4v) is 3.12. The van der Waals surface area contributed by atoms with Crippen molar-refractivity contribution in [2.45, 2.75) is 13.5 Å². The van der Waals surface area contributed by atoms with Crippen LogP contribution in [0.2, 0.25) is 0 Å². The van der Waals surface area contributed by atoms with Gasteiger partial charge in [-0.15, -0.1) is 0 Å². The fraction of sp³-hybridized carbons (Fsp3) is 0.0833. The summed E-state index contributed by atoms with van der Waals surface area (Å²) in [6.45, 7) is 1.95. The molecule has 0 aliphatic rings. The van der Waals surface area contributed by atoms with Gasteiger partial charge in [-0.3, -0.25) is 4.79 Å². The number of nitrogens with zero attached hydrogens (tertiary/aromatic N) is 2. The summed E-state index contributed by atoms with van der Waals surface area (Å²) < 4.78 is 1.72. The Labute approximate surface area is 169 Å². The van der Waals surface area contributed by atoms with Crippen LogP contribution in [0.4, 0.5) is 5.69 Å². The van der Waals surface area contributed by atoms with Crippen molar-refractivity contribution in [2.75, 3.05) is 5.32 Å². The number of benzene rings is 3. The van der Waals surface area contributed by atoms with Crippen molar-refractivity contribution < 1.29 is 9.90 Å². The van der Waals surface area contributed by atoms with E-state index >= 15 is 0 Å². The molecule has 2 N–H and O–H groups in total. The van der Waals surface area contributed by atoms with Gasteiger partial charge in [-0.25, -0.2) is 4.68 Å². The van der Waals surface area contributed by atoms with Gasteiger partial charge in [0.15, 0.2) is 0 Å². The minimum atomic E-state index is -0.252. The van der Waals surface area contributed by atoms with Gasteiger partial charge >= 0.3 is 0 Å². The van der Waals surface area contributed by atoms with E-state index in [1.165, 1.54) is 0 Å². The highest BCUT2D eigenvalue weighted by molar-refractivity contribution is 6.08. The van der Waals surface area contributed by atoms with Crippen LogP contribution in [0.3, 0.4) is 0 Å². The molecule has 5 heteroatoms. The van der Waals surface area contributed by atoms with Gasteiger partial charge in [0.1, 0.15) is 5.69 Å². The molecule has 4 aromatic rings. The number of aromatic nitrogens is 2. The van der Waals surface area contributed by atoms with Crippen molar-refractivity contribution in [2.24, 2.45) is 0 Å². The minimum Gasteiger partial charge on any atom is -0.392 e. The maximum atomic E-state index is 13.1. The first kappa shape index (κ1) is 18.7. The maximum absolute atomic E-state index is 13.1. The molecule has 29 heavy (non-hydrogen) atoms. The lowest BCUT2D eigenvalue weighted by Crippen LogP contribution is -2.12. The monoisotopic (exact) mass is 383 g/mol. The van der Waals surface area contributed by atoms with E-state index in [9.17, 15) is 9.90 Å². The molecule has 0 saturated carbocycles. The smallest absolute Gasteiger partial charge is 0.259 e. The Kier molecular flexibility index (Phi) is 5.22. The third kappa shape index (κ3) is 4.10. The Morgan fingerprint density at radius 2 is 1.76 bits per heavy atom. The largest absolute Gasteiger partial charge is 0.392 e. The van der Waals surface area contributed by atoms with Gasteiger partial charge in [0.25, 0.3) is 5.91 Å².